The van der Waals surface area contributed by atoms with Gasteiger partial charge in [0, 0.05) is 31.2 Å². The number of allylic oxidation sites excluding steroid dienone is 10. The first kappa shape index (κ1) is 37.6. The molecule has 1 aromatic heterocycles. The minimum Gasteiger partial charge on any atom is -0.457 e. The molecule has 0 aliphatic rings. The highest BCUT2D eigenvalue weighted by Gasteiger charge is 2.14. The van der Waals surface area contributed by atoms with Crippen molar-refractivity contribution in [2.75, 3.05) is 37.7 Å². The fraction of sp³-hybridized carbons (Fsp3) is 0.556. The molecule has 1 aromatic rings. The van der Waals surface area contributed by atoms with Crippen molar-refractivity contribution in [3.63, 3.8) is 0 Å². The van der Waals surface area contributed by atoms with Crippen LogP contribution >= 0.6 is 11.8 Å². The van der Waals surface area contributed by atoms with Gasteiger partial charge in [0.05, 0.1) is 5.56 Å². The molecule has 0 radical (unpaired) electrons. The molecule has 1 unspecified atom stereocenters. The number of carbonyl (C=O) groups is 1. The topological polar surface area (TPSA) is 63.2 Å². The number of unbranched alkanes of at least 4 members (excludes halogenated alkanes) is 3. The lowest BCUT2D eigenvalue weighted by atomic mass is 10.2. The minimum atomic E-state index is -0.304. The molecule has 42 heavy (non-hydrogen) atoms. The number of esters is 1. The highest BCUT2D eigenvalue weighted by Crippen LogP contribution is 2.08. The second kappa shape index (κ2) is 30.1. The summed E-state index contributed by atoms with van der Waals surface area (Å²) < 4.78 is 5.58. The van der Waals surface area contributed by atoms with Crippen LogP contribution in [0.15, 0.2) is 85.3 Å². The van der Waals surface area contributed by atoms with E-state index in [9.17, 15) is 4.79 Å². The Kier molecular flexibility index (Phi) is 26.9. The molecule has 0 spiro atoms. The SMILES string of the molecule is CCC=CCC=CCC=CCC=CCC=CCCCCCSCCNCCCNCC(CC)OC(=O)c1cccnc1. The van der Waals surface area contributed by atoms with E-state index in [1.54, 1.807) is 24.5 Å². The zero-order valence-corrected chi connectivity index (χ0v) is 27.2. The summed E-state index contributed by atoms with van der Waals surface area (Å²) in [6.07, 6.45) is 37.8. The molecule has 1 atom stereocenters. The molecule has 0 aliphatic carbocycles. The Morgan fingerprint density at radius 2 is 1.48 bits per heavy atom. The molecule has 1 rings (SSSR count). The van der Waals surface area contributed by atoms with Gasteiger partial charge in [-0.05, 0) is 95.2 Å². The van der Waals surface area contributed by atoms with E-state index in [2.05, 4.69) is 95.1 Å². The summed E-state index contributed by atoms with van der Waals surface area (Å²) in [6, 6.07) is 3.48. The summed E-state index contributed by atoms with van der Waals surface area (Å²) in [6.45, 7) is 7.86. The van der Waals surface area contributed by atoms with Gasteiger partial charge in [-0.2, -0.15) is 11.8 Å². The van der Waals surface area contributed by atoms with Crippen LogP contribution in [0.2, 0.25) is 0 Å². The van der Waals surface area contributed by atoms with Crippen LogP contribution in [0.25, 0.3) is 0 Å². The number of hydrogen-bond acceptors (Lipinski definition) is 6. The van der Waals surface area contributed by atoms with Gasteiger partial charge in [-0.25, -0.2) is 4.79 Å². The normalized spacial score (nSPS) is 13.0. The van der Waals surface area contributed by atoms with Gasteiger partial charge in [0.15, 0.2) is 0 Å². The second-order valence-corrected chi connectivity index (χ2v) is 11.4. The van der Waals surface area contributed by atoms with Crippen molar-refractivity contribution in [1.29, 1.82) is 0 Å². The molecule has 234 valence electrons. The molecular formula is C36H57N3O2S. The average molecular weight is 596 g/mol. The van der Waals surface area contributed by atoms with Crippen LogP contribution in [-0.2, 0) is 4.74 Å². The molecule has 0 amide bonds. The molecular weight excluding hydrogens is 538 g/mol. The molecule has 6 heteroatoms. The Bertz CT molecular complexity index is 896. The number of pyridine rings is 1. The molecule has 1 heterocycles. The van der Waals surface area contributed by atoms with E-state index < -0.39 is 0 Å². The van der Waals surface area contributed by atoms with Crippen molar-refractivity contribution in [3.05, 3.63) is 90.9 Å². The van der Waals surface area contributed by atoms with Crippen LogP contribution in [0.5, 0.6) is 0 Å². The first-order valence-corrected chi connectivity index (χ1v) is 17.3. The van der Waals surface area contributed by atoms with Crippen LogP contribution in [-0.4, -0.2) is 54.7 Å². The van der Waals surface area contributed by atoms with E-state index in [4.69, 9.17) is 4.74 Å². The van der Waals surface area contributed by atoms with Gasteiger partial charge in [0.1, 0.15) is 6.10 Å². The molecule has 0 bridgehead atoms. The summed E-state index contributed by atoms with van der Waals surface area (Å²) in [4.78, 5) is 16.1. The van der Waals surface area contributed by atoms with Gasteiger partial charge in [-0.1, -0.05) is 81.0 Å². The van der Waals surface area contributed by atoms with Gasteiger partial charge in [-0.15, -0.1) is 0 Å². The first-order valence-electron chi connectivity index (χ1n) is 16.1. The molecule has 2 N–H and O–H groups in total. The first-order chi connectivity index (χ1) is 20.8. The van der Waals surface area contributed by atoms with Crippen LogP contribution < -0.4 is 10.6 Å². The van der Waals surface area contributed by atoms with E-state index >= 15 is 0 Å². The Labute approximate surface area is 261 Å². The lowest BCUT2D eigenvalue weighted by molar-refractivity contribution is 0.0293. The van der Waals surface area contributed by atoms with E-state index in [0.717, 1.165) is 64.6 Å². The lowest BCUT2D eigenvalue weighted by Gasteiger charge is -2.17. The van der Waals surface area contributed by atoms with Crippen LogP contribution in [0.3, 0.4) is 0 Å². The quantitative estimate of drug-likeness (QED) is 0.0603. The monoisotopic (exact) mass is 595 g/mol. The number of hydrogen-bond donors (Lipinski definition) is 2. The molecule has 0 aliphatic heterocycles. The summed E-state index contributed by atoms with van der Waals surface area (Å²) in [5, 5.41) is 6.94. The van der Waals surface area contributed by atoms with E-state index in [1.807, 2.05) is 6.92 Å². The number of ether oxygens (including phenoxy) is 1. The Balaban J connectivity index is 1.83. The van der Waals surface area contributed by atoms with Crippen molar-refractivity contribution in [2.24, 2.45) is 0 Å². The Morgan fingerprint density at radius 3 is 2.12 bits per heavy atom. The van der Waals surface area contributed by atoms with Crippen LogP contribution in [0.1, 0.15) is 94.8 Å². The summed E-state index contributed by atoms with van der Waals surface area (Å²) >= 11 is 2.05. The summed E-state index contributed by atoms with van der Waals surface area (Å²) in [7, 11) is 0. The smallest absolute Gasteiger partial charge is 0.340 e. The van der Waals surface area contributed by atoms with Gasteiger partial charge in [0.2, 0.25) is 0 Å². The molecule has 5 nitrogen and oxygen atoms in total. The largest absolute Gasteiger partial charge is 0.457 e. The number of aromatic nitrogens is 1. The zero-order valence-electron chi connectivity index (χ0n) is 26.4. The highest BCUT2D eigenvalue weighted by atomic mass is 32.2. The number of rotatable bonds is 27. The molecule has 0 fully saturated rings. The maximum atomic E-state index is 12.2. The fourth-order valence-electron chi connectivity index (χ4n) is 3.96. The number of carbonyl (C=O) groups excluding carboxylic acids is 1. The maximum absolute atomic E-state index is 12.2. The minimum absolute atomic E-state index is 0.117. The van der Waals surface area contributed by atoms with E-state index in [-0.39, 0.29) is 12.1 Å². The lowest BCUT2D eigenvalue weighted by Crippen LogP contribution is -2.32. The number of nitrogens with zero attached hydrogens (tertiary/aromatic N) is 1. The van der Waals surface area contributed by atoms with Gasteiger partial charge in [0.25, 0.3) is 0 Å². The summed E-state index contributed by atoms with van der Waals surface area (Å²) in [5.41, 5.74) is 0.499. The number of nitrogens with one attached hydrogen (secondary N) is 2. The van der Waals surface area contributed by atoms with Crippen LogP contribution in [0.4, 0.5) is 0 Å². The third-order valence-corrected chi connectivity index (χ3v) is 7.52. The van der Waals surface area contributed by atoms with Crippen molar-refractivity contribution < 1.29 is 9.53 Å². The number of thioether (sulfide) groups is 1. The van der Waals surface area contributed by atoms with Crippen molar-refractivity contribution in [3.8, 4) is 0 Å². The van der Waals surface area contributed by atoms with Crippen molar-refractivity contribution in [1.82, 2.24) is 15.6 Å². The Hall–Kier alpha value is -2.41. The third-order valence-electron chi connectivity index (χ3n) is 6.45. The predicted octanol–water partition coefficient (Wildman–Crippen LogP) is 8.63. The standard InChI is InChI=1S/C36H57N3O2S/c1-3-5-6-7-8-9-10-11-12-13-14-15-16-17-18-19-20-21-22-30-42-31-29-37-27-24-28-39-33-35(4-2)41-36(40)34-25-23-26-38-32-34/h5-6,8-9,11-12,14-15,17-18,23,25-26,32,35,37,39H,3-4,7,10,13,16,19-22,24,27-31,33H2,1-2H3. The van der Waals surface area contributed by atoms with Crippen molar-refractivity contribution in [2.45, 2.75) is 90.6 Å². The maximum Gasteiger partial charge on any atom is 0.340 e. The third kappa shape index (κ3) is 24.2. The summed E-state index contributed by atoms with van der Waals surface area (Å²) in [5.74, 6) is 2.12. The van der Waals surface area contributed by atoms with Gasteiger partial charge >= 0.3 is 5.97 Å². The van der Waals surface area contributed by atoms with E-state index in [1.165, 1.54) is 37.2 Å². The van der Waals surface area contributed by atoms with E-state index in [0.29, 0.717) is 12.1 Å². The predicted molar refractivity (Wildman–Crippen MR) is 184 cm³/mol. The van der Waals surface area contributed by atoms with Gasteiger partial charge in [-0.3, -0.25) is 4.98 Å². The van der Waals surface area contributed by atoms with Crippen LogP contribution in [0, 0.1) is 0 Å². The molecule has 0 saturated carbocycles. The fourth-order valence-corrected chi connectivity index (χ4v) is 4.86. The molecule has 0 aromatic carbocycles. The Morgan fingerprint density at radius 1 is 0.810 bits per heavy atom. The molecule has 0 saturated heterocycles. The average Bonchev–Trinajstić information content (AvgIpc) is 3.02. The zero-order chi connectivity index (χ0) is 30.2. The highest BCUT2D eigenvalue weighted by molar-refractivity contribution is 7.99. The second-order valence-electron chi connectivity index (χ2n) is 10.2. The van der Waals surface area contributed by atoms with Crippen molar-refractivity contribution >= 4 is 17.7 Å². The van der Waals surface area contributed by atoms with Gasteiger partial charge < -0.3 is 15.4 Å².